The molecule has 0 aliphatic heterocycles. The Morgan fingerprint density at radius 3 is 2.83 bits per heavy atom. The minimum atomic E-state index is -0.227. The molecule has 1 aromatic carbocycles. The third kappa shape index (κ3) is 4.04. The van der Waals surface area contributed by atoms with Crippen LogP contribution in [0.3, 0.4) is 0 Å². The molecule has 0 spiro atoms. The van der Waals surface area contributed by atoms with E-state index in [9.17, 15) is 4.79 Å². The predicted molar refractivity (Wildman–Crippen MR) is 91.6 cm³/mol. The Morgan fingerprint density at radius 2 is 2.13 bits per heavy atom. The molecular weight excluding hydrogens is 312 g/mol. The number of benzene rings is 1. The number of hydrogen-bond acceptors (Lipinski definition) is 5. The van der Waals surface area contributed by atoms with E-state index in [1.165, 1.54) is 11.8 Å². The van der Waals surface area contributed by atoms with Gasteiger partial charge in [-0.25, -0.2) is 0 Å². The van der Waals surface area contributed by atoms with Gasteiger partial charge in [-0.05, 0) is 25.5 Å². The second kappa shape index (κ2) is 8.01. The van der Waals surface area contributed by atoms with Crippen LogP contribution in [-0.4, -0.2) is 39.6 Å². The molecule has 23 heavy (non-hydrogen) atoms. The van der Waals surface area contributed by atoms with E-state index in [1.54, 1.807) is 7.11 Å². The fourth-order valence-electron chi connectivity index (χ4n) is 2.08. The number of nitrogens with one attached hydrogen (secondary N) is 1. The van der Waals surface area contributed by atoms with E-state index >= 15 is 0 Å². The first-order valence-electron chi connectivity index (χ1n) is 7.55. The summed E-state index contributed by atoms with van der Waals surface area (Å²) in [5.41, 5.74) is 0.875. The molecule has 124 valence electrons. The Kier molecular flexibility index (Phi) is 6.04. The number of hydrogen-bond donors (Lipinski definition) is 1. The molecular formula is C16H22N4O2S. The van der Waals surface area contributed by atoms with Crippen molar-refractivity contribution in [1.29, 1.82) is 0 Å². The lowest BCUT2D eigenvalue weighted by Crippen LogP contribution is -2.31. The molecule has 6 nitrogen and oxygen atoms in total. The maximum atomic E-state index is 12.0. The van der Waals surface area contributed by atoms with Gasteiger partial charge < -0.3 is 14.6 Å². The van der Waals surface area contributed by atoms with Gasteiger partial charge in [0.05, 0.1) is 17.9 Å². The van der Waals surface area contributed by atoms with Crippen molar-refractivity contribution in [3.05, 3.63) is 24.3 Å². The van der Waals surface area contributed by atoms with Crippen LogP contribution in [0.4, 0.5) is 0 Å². The molecule has 0 aliphatic rings. The van der Waals surface area contributed by atoms with E-state index in [2.05, 4.69) is 15.5 Å². The number of amides is 1. The van der Waals surface area contributed by atoms with Crippen LogP contribution in [0, 0.1) is 0 Å². The number of para-hydroxylation sites is 1. The Balaban J connectivity index is 2.18. The van der Waals surface area contributed by atoms with Crippen LogP contribution in [0.5, 0.6) is 5.75 Å². The van der Waals surface area contributed by atoms with Crippen LogP contribution in [-0.2, 0) is 11.8 Å². The van der Waals surface area contributed by atoms with Crippen molar-refractivity contribution in [2.45, 2.75) is 30.7 Å². The lowest BCUT2D eigenvalue weighted by Gasteiger charge is -2.11. The van der Waals surface area contributed by atoms with Gasteiger partial charge in [-0.2, -0.15) is 0 Å². The van der Waals surface area contributed by atoms with Crippen molar-refractivity contribution in [2.24, 2.45) is 7.05 Å². The van der Waals surface area contributed by atoms with Crippen molar-refractivity contribution < 1.29 is 9.53 Å². The summed E-state index contributed by atoms with van der Waals surface area (Å²) in [6.45, 7) is 4.59. The minimum Gasteiger partial charge on any atom is -0.496 e. The zero-order valence-corrected chi connectivity index (χ0v) is 14.7. The third-order valence-corrected chi connectivity index (χ3v) is 4.52. The maximum Gasteiger partial charge on any atom is 0.233 e. The van der Waals surface area contributed by atoms with Gasteiger partial charge in [0.1, 0.15) is 5.75 Å². The lowest BCUT2D eigenvalue weighted by molar-refractivity contribution is -0.120. The zero-order valence-electron chi connectivity index (χ0n) is 13.9. The number of ether oxygens (including phenoxy) is 1. The van der Waals surface area contributed by atoms with Gasteiger partial charge in [-0.1, -0.05) is 30.8 Å². The quantitative estimate of drug-likeness (QED) is 0.788. The SMILES string of the molecule is CCCNC(=O)[C@@H](C)Sc1nnc(-c2ccccc2OC)n1C. The normalized spacial score (nSPS) is 12.0. The lowest BCUT2D eigenvalue weighted by atomic mass is 10.2. The van der Waals surface area contributed by atoms with Gasteiger partial charge in [0.25, 0.3) is 0 Å². The van der Waals surface area contributed by atoms with Crippen LogP contribution in [0.1, 0.15) is 20.3 Å². The third-order valence-electron chi connectivity index (χ3n) is 3.38. The van der Waals surface area contributed by atoms with Crippen molar-refractivity contribution in [3.63, 3.8) is 0 Å². The number of methoxy groups -OCH3 is 1. The van der Waals surface area contributed by atoms with Crippen molar-refractivity contribution in [2.75, 3.05) is 13.7 Å². The summed E-state index contributed by atoms with van der Waals surface area (Å²) in [5.74, 6) is 1.47. The summed E-state index contributed by atoms with van der Waals surface area (Å²) >= 11 is 1.39. The first kappa shape index (κ1) is 17.3. The molecule has 0 radical (unpaired) electrons. The summed E-state index contributed by atoms with van der Waals surface area (Å²) in [5, 5.41) is 11.8. The molecule has 2 rings (SSSR count). The second-order valence-corrected chi connectivity index (χ2v) is 6.42. The van der Waals surface area contributed by atoms with Crippen LogP contribution < -0.4 is 10.1 Å². The zero-order chi connectivity index (χ0) is 16.8. The molecule has 0 fully saturated rings. The number of aromatic nitrogens is 3. The topological polar surface area (TPSA) is 69.0 Å². The maximum absolute atomic E-state index is 12.0. The number of nitrogens with zero attached hydrogens (tertiary/aromatic N) is 3. The molecule has 1 N–H and O–H groups in total. The fraction of sp³-hybridized carbons (Fsp3) is 0.438. The second-order valence-electron chi connectivity index (χ2n) is 5.12. The van der Waals surface area contributed by atoms with E-state index in [0.29, 0.717) is 17.5 Å². The number of carbonyl (C=O) groups is 1. The van der Waals surface area contributed by atoms with Crippen molar-refractivity contribution >= 4 is 17.7 Å². The molecule has 7 heteroatoms. The number of carbonyl (C=O) groups excluding carboxylic acids is 1. The number of thioether (sulfide) groups is 1. The predicted octanol–water partition coefficient (Wildman–Crippen LogP) is 2.50. The molecule has 1 atom stereocenters. The van der Waals surface area contributed by atoms with Gasteiger partial charge in [0.15, 0.2) is 11.0 Å². The van der Waals surface area contributed by atoms with Crippen LogP contribution in [0.15, 0.2) is 29.4 Å². The van der Waals surface area contributed by atoms with E-state index < -0.39 is 0 Å². The average Bonchev–Trinajstić information content (AvgIpc) is 2.93. The standard InChI is InChI=1S/C16H22N4O2S/c1-5-10-17-15(21)11(2)23-16-19-18-14(20(16)3)12-8-6-7-9-13(12)22-4/h6-9,11H,5,10H2,1-4H3,(H,17,21)/t11-/m1/s1. The highest BCUT2D eigenvalue weighted by atomic mass is 32.2. The van der Waals surface area contributed by atoms with E-state index in [0.717, 1.165) is 17.7 Å². The summed E-state index contributed by atoms with van der Waals surface area (Å²) in [6.07, 6.45) is 0.922. The largest absolute Gasteiger partial charge is 0.496 e. The van der Waals surface area contributed by atoms with E-state index in [4.69, 9.17) is 4.74 Å². The smallest absolute Gasteiger partial charge is 0.233 e. The van der Waals surface area contributed by atoms with Crippen LogP contribution in [0.25, 0.3) is 11.4 Å². The van der Waals surface area contributed by atoms with Gasteiger partial charge in [-0.15, -0.1) is 10.2 Å². The van der Waals surface area contributed by atoms with Gasteiger partial charge in [0, 0.05) is 13.6 Å². The van der Waals surface area contributed by atoms with Crippen molar-refractivity contribution in [3.8, 4) is 17.1 Å². The molecule has 2 aromatic rings. The average molecular weight is 334 g/mol. The van der Waals surface area contributed by atoms with Gasteiger partial charge in [-0.3, -0.25) is 4.79 Å². The van der Waals surface area contributed by atoms with E-state index in [-0.39, 0.29) is 11.2 Å². The summed E-state index contributed by atoms with van der Waals surface area (Å²) in [7, 11) is 3.52. The van der Waals surface area contributed by atoms with Gasteiger partial charge in [0.2, 0.25) is 5.91 Å². The number of rotatable bonds is 7. The molecule has 0 saturated carbocycles. The first-order valence-corrected chi connectivity index (χ1v) is 8.43. The molecule has 0 aliphatic carbocycles. The highest BCUT2D eigenvalue weighted by Crippen LogP contribution is 2.30. The van der Waals surface area contributed by atoms with Crippen LogP contribution >= 0.6 is 11.8 Å². The Morgan fingerprint density at radius 1 is 1.39 bits per heavy atom. The summed E-state index contributed by atoms with van der Waals surface area (Å²) in [4.78, 5) is 12.0. The minimum absolute atomic E-state index is 0.0127. The molecule has 0 bridgehead atoms. The highest BCUT2D eigenvalue weighted by molar-refractivity contribution is 8.00. The van der Waals surface area contributed by atoms with E-state index in [1.807, 2.05) is 49.7 Å². The highest BCUT2D eigenvalue weighted by Gasteiger charge is 2.20. The fourth-order valence-corrected chi connectivity index (χ4v) is 2.92. The van der Waals surface area contributed by atoms with Gasteiger partial charge >= 0.3 is 0 Å². The summed E-state index contributed by atoms with van der Waals surface area (Å²) in [6, 6.07) is 7.67. The molecule has 1 amide bonds. The Labute approximate surface area is 140 Å². The monoisotopic (exact) mass is 334 g/mol. The van der Waals surface area contributed by atoms with Crippen LogP contribution in [0.2, 0.25) is 0 Å². The first-order chi connectivity index (χ1) is 11.1. The van der Waals surface area contributed by atoms with Crippen molar-refractivity contribution in [1.82, 2.24) is 20.1 Å². The molecule has 0 saturated heterocycles. The Hall–Kier alpha value is -2.02. The Bertz CT molecular complexity index is 672. The summed E-state index contributed by atoms with van der Waals surface area (Å²) < 4.78 is 7.26. The molecule has 1 aromatic heterocycles. The molecule has 0 unspecified atom stereocenters. The molecule has 1 heterocycles.